The first kappa shape index (κ1) is 21.6. The van der Waals surface area contributed by atoms with Gasteiger partial charge >= 0.3 is 0 Å². The lowest BCUT2D eigenvalue weighted by molar-refractivity contribution is 0.0635. The first-order valence-electron chi connectivity index (χ1n) is 10.9. The number of nitrogens with one attached hydrogen (secondary N) is 2. The number of amides is 2. The third-order valence-corrected chi connectivity index (χ3v) is 5.71. The molecule has 8 nitrogen and oxygen atoms in total. The summed E-state index contributed by atoms with van der Waals surface area (Å²) in [4.78, 5) is 37.0. The minimum Gasteiger partial charge on any atom is -0.397 e. The van der Waals surface area contributed by atoms with E-state index in [9.17, 15) is 9.59 Å². The number of imidazole rings is 1. The maximum absolute atomic E-state index is 12.9. The van der Waals surface area contributed by atoms with Gasteiger partial charge in [0.15, 0.2) is 0 Å². The Bertz CT molecular complexity index is 1040. The number of nitrogen functional groups attached to an aromatic ring is 1. The summed E-state index contributed by atoms with van der Waals surface area (Å²) in [7, 11) is 0. The number of nitrogens with zero attached hydrogens (tertiary/aromatic N) is 3. The maximum Gasteiger partial charge on any atom is 0.255 e. The second-order valence-electron chi connectivity index (χ2n) is 7.89. The van der Waals surface area contributed by atoms with Crippen LogP contribution >= 0.6 is 0 Å². The fraction of sp³-hybridized carbons (Fsp3) is 0.292. The quantitative estimate of drug-likeness (QED) is 0.498. The summed E-state index contributed by atoms with van der Waals surface area (Å²) >= 11 is 0. The Labute approximate surface area is 187 Å². The van der Waals surface area contributed by atoms with Crippen molar-refractivity contribution in [3.05, 3.63) is 77.9 Å². The molecule has 0 atom stereocenters. The van der Waals surface area contributed by atoms with Crippen molar-refractivity contribution in [2.24, 2.45) is 0 Å². The second-order valence-corrected chi connectivity index (χ2v) is 7.89. The molecule has 4 N–H and O–H groups in total. The summed E-state index contributed by atoms with van der Waals surface area (Å²) in [6, 6.07) is 13.9. The van der Waals surface area contributed by atoms with Gasteiger partial charge in [-0.2, -0.15) is 0 Å². The number of benzene rings is 2. The summed E-state index contributed by atoms with van der Waals surface area (Å²) in [6.07, 6.45) is 5.60. The highest BCUT2D eigenvalue weighted by atomic mass is 16.2. The summed E-state index contributed by atoms with van der Waals surface area (Å²) < 4.78 is 0. The molecule has 1 aromatic heterocycles. The fourth-order valence-electron chi connectivity index (χ4n) is 3.83. The van der Waals surface area contributed by atoms with E-state index in [-0.39, 0.29) is 11.8 Å². The van der Waals surface area contributed by atoms with Crippen molar-refractivity contribution < 1.29 is 9.59 Å². The molecule has 0 aliphatic carbocycles. The zero-order valence-corrected chi connectivity index (χ0v) is 18.0. The van der Waals surface area contributed by atoms with E-state index in [4.69, 9.17) is 5.73 Å². The lowest BCUT2D eigenvalue weighted by Gasteiger charge is -2.34. The van der Waals surface area contributed by atoms with E-state index in [1.165, 1.54) is 0 Å². The molecule has 1 saturated heterocycles. The van der Waals surface area contributed by atoms with E-state index < -0.39 is 0 Å². The SMILES string of the molecule is Nc1ccccc1NC(=O)c1ccc(C(=O)N2CCN(CCCc3ncc[nH]3)CC2)cc1. The molecule has 2 heterocycles. The number of carbonyl (C=O) groups is 2. The number of rotatable bonds is 7. The molecule has 0 saturated carbocycles. The Balaban J connectivity index is 1.26. The van der Waals surface area contributed by atoms with Crippen LogP contribution in [0.1, 0.15) is 33.0 Å². The number of aromatic amines is 1. The van der Waals surface area contributed by atoms with Crippen molar-refractivity contribution in [3.8, 4) is 0 Å². The summed E-state index contributed by atoms with van der Waals surface area (Å²) in [6.45, 7) is 4.13. The number of aryl methyl sites for hydroxylation is 1. The Morgan fingerprint density at radius 2 is 1.72 bits per heavy atom. The highest BCUT2D eigenvalue weighted by Gasteiger charge is 2.22. The molecule has 32 heavy (non-hydrogen) atoms. The van der Waals surface area contributed by atoms with E-state index in [1.807, 2.05) is 23.2 Å². The molecule has 166 valence electrons. The molecule has 0 radical (unpaired) electrons. The number of hydrogen-bond donors (Lipinski definition) is 3. The van der Waals surface area contributed by atoms with Gasteiger partial charge in [0.05, 0.1) is 11.4 Å². The van der Waals surface area contributed by atoms with Crippen LogP contribution < -0.4 is 11.1 Å². The van der Waals surface area contributed by atoms with Crippen LogP contribution in [0.3, 0.4) is 0 Å². The van der Waals surface area contributed by atoms with E-state index in [0.29, 0.717) is 35.6 Å². The number of piperazine rings is 1. The molecule has 1 aliphatic heterocycles. The van der Waals surface area contributed by atoms with E-state index >= 15 is 0 Å². The van der Waals surface area contributed by atoms with Crippen molar-refractivity contribution >= 4 is 23.2 Å². The van der Waals surface area contributed by atoms with Gasteiger partial charge in [0.1, 0.15) is 5.82 Å². The van der Waals surface area contributed by atoms with Gasteiger partial charge in [0.2, 0.25) is 0 Å². The smallest absolute Gasteiger partial charge is 0.255 e. The minimum absolute atomic E-state index is 0.000465. The monoisotopic (exact) mass is 432 g/mol. The predicted octanol–water partition coefficient (Wildman–Crippen LogP) is 2.63. The van der Waals surface area contributed by atoms with E-state index in [2.05, 4.69) is 20.2 Å². The molecule has 2 aromatic carbocycles. The predicted molar refractivity (Wildman–Crippen MR) is 125 cm³/mol. The van der Waals surface area contributed by atoms with Gasteiger partial charge in [-0.3, -0.25) is 14.5 Å². The molecule has 0 spiro atoms. The van der Waals surface area contributed by atoms with Gasteiger partial charge in [-0.05, 0) is 49.4 Å². The van der Waals surface area contributed by atoms with Crippen LogP contribution in [0.25, 0.3) is 0 Å². The standard InChI is InChI=1S/C24H28N6O2/c25-20-4-1-2-5-21(20)28-23(31)18-7-9-19(10-8-18)24(32)30-16-14-29(15-17-30)13-3-6-22-26-11-12-27-22/h1-2,4-5,7-12H,3,6,13-17,25H2,(H,26,27)(H,28,31). The van der Waals surface area contributed by atoms with Crippen molar-refractivity contribution in [1.29, 1.82) is 0 Å². The largest absolute Gasteiger partial charge is 0.397 e. The van der Waals surface area contributed by atoms with Crippen LogP contribution in [0, 0.1) is 0 Å². The van der Waals surface area contributed by atoms with Crippen LogP contribution in [0.4, 0.5) is 11.4 Å². The molecular formula is C24H28N6O2. The number of hydrogen-bond acceptors (Lipinski definition) is 5. The first-order chi connectivity index (χ1) is 15.6. The van der Waals surface area contributed by atoms with Crippen LogP contribution in [0.15, 0.2) is 60.9 Å². The normalized spacial score (nSPS) is 14.3. The third-order valence-electron chi connectivity index (χ3n) is 5.71. The zero-order chi connectivity index (χ0) is 22.3. The molecule has 1 fully saturated rings. The van der Waals surface area contributed by atoms with Crippen molar-refractivity contribution in [1.82, 2.24) is 19.8 Å². The minimum atomic E-state index is -0.259. The van der Waals surface area contributed by atoms with Gasteiger partial charge in [0.25, 0.3) is 11.8 Å². The van der Waals surface area contributed by atoms with Gasteiger partial charge < -0.3 is 20.9 Å². The summed E-state index contributed by atoms with van der Waals surface area (Å²) in [5.74, 6) is 0.757. The van der Waals surface area contributed by atoms with Gasteiger partial charge in [-0.1, -0.05) is 12.1 Å². The summed E-state index contributed by atoms with van der Waals surface area (Å²) in [5.41, 5.74) is 8.02. The number of nitrogens with two attached hydrogens (primary N) is 1. The molecule has 8 heteroatoms. The van der Waals surface area contributed by atoms with Crippen molar-refractivity contribution in [2.45, 2.75) is 12.8 Å². The average molecular weight is 433 g/mol. The number of aromatic nitrogens is 2. The topological polar surface area (TPSA) is 107 Å². The molecule has 1 aliphatic rings. The first-order valence-corrected chi connectivity index (χ1v) is 10.9. The number of para-hydroxylation sites is 2. The molecule has 4 rings (SSSR count). The van der Waals surface area contributed by atoms with E-state index in [0.717, 1.165) is 38.3 Å². The Hall–Kier alpha value is -3.65. The second kappa shape index (κ2) is 10.1. The molecule has 2 amide bonds. The van der Waals surface area contributed by atoms with E-state index in [1.54, 1.807) is 42.6 Å². The van der Waals surface area contributed by atoms with Crippen molar-refractivity contribution in [3.63, 3.8) is 0 Å². The van der Waals surface area contributed by atoms with Crippen molar-refractivity contribution in [2.75, 3.05) is 43.8 Å². The van der Waals surface area contributed by atoms with Crippen LogP contribution in [0.2, 0.25) is 0 Å². The van der Waals surface area contributed by atoms with Crippen LogP contribution in [-0.4, -0.2) is 64.3 Å². The maximum atomic E-state index is 12.9. The average Bonchev–Trinajstić information content (AvgIpc) is 3.34. The Morgan fingerprint density at radius 3 is 2.41 bits per heavy atom. The number of H-pyrrole nitrogens is 1. The fourth-order valence-corrected chi connectivity index (χ4v) is 3.83. The number of carbonyl (C=O) groups excluding carboxylic acids is 2. The van der Waals surface area contributed by atoms with Gasteiger partial charge in [-0.15, -0.1) is 0 Å². The lowest BCUT2D eigenvalue weighted by atomic mass is 10.1. The summed E-state index contributed by atoms with van der Waals surface area (Å²) in [5, 5.41) is 2.80. The van der Waals surface area contributed by atoms with Crippen LogP contribution in [-0.2, 0) is 6.42 Å². The zero-order valence-electron chi connectivity index (χ0n) is 18.0. The molecule has 0 unspecified atom stereocenters. The number of anilines is 2. The van der Waals surface area contributed by atoms with Gasteiger partial charge in [-0.25, -0.2) is 4.98 Å². The molecule has 3 aromatic rings. The molecule has 0 bridgehead atoms. The van der Waals surface area contributed by atoms with Crippen LogP contribution in [0.5, 0.6) is 0 Å². The highest BCUT2D eigenvalue weighted by Crippen LogP contribution is 2.18. The van der Waals surface area contributed by atoms with Gasteiger partial charge in [0, 0.05) is 56.1 Å². The lowest BCUT2D eigenvalue weighted by Crippen LogP contribution is -2.48. The Kier molecular flexibility index (Phi) is 6.81. The highest BCUT2D eigenvalue weighted by molar-refractivity contribution is 6.06. The molecular weight excluding hydrogens is 404 g/mol. The Morgan fingerprint density at radius 1 is 1.00 bits per heavy atom. The third kappa shape index (κ3) is 5.33.